The Morgan fingerprint density at radius 3 is 2.58 bits per heavy atom. The quantitative estimate of drug-likeness (QED) is 0.601. The number of amides is 2. The molecule has 0 aromatic heterocycles. The smallest absolute Gasteiger partial charge is 0.243 e. The second-order valence-corrected chi connectivity index (χ2v) is 5.48. The van der Waals surface area contributed by atoms with Crippen LogP contribution in [0.1, 0.15) is 13.3 Å². The van der Waals surface area contributed by atoms with Crippen LogP contribution in [0, 0.1) is 0 Å². The van der Waals surface area contributed by atoms with Crippen molar-refractivity contribution in [2.75, 3.05) is 29.1 Å². The number of nitrogens with one attached hydrogen (secondary N) is 3. The van der Waals surface area contributed by atoms with Crippen LogP contribution in [-0.2, 0) is 9.59 Å². The van der Waals surface area contributed by atoms with Crippen molar-refractivity contribution in [1.82, 2.24) is 0 Å². The van der Waals surface area contributed by atoms with Gasteiger partial charge in [-0.25, -0.2) is 0 Å². The highest BCUT2D eigenvalue weighted by molar-refractivity contribution is 5.95. The number of ether oxygens (including phenoxy) is 1. The third-order valence-corrected chi connectivity index (χ3v) is 3.44. The molecule has 0 unspecified atom stereocenters. The molecule has 136 valence electrons. The van der Waals surface area contributed by atoms with Crippen LogP contribution in [0.4, 0.5) is 17.1 Å². The van der Waals surface area contributed by atoms with Gasteiger partial charge in [-0.05, 0) is 30.3 Å². The predicted octanol–water partition coefficient (Wildman–Crippen LogP) is 3.65. The molecule has 0 fully saturated rings. The number of carbonyl (C=O) groups excluding carboxylic acids is 2. The van der Waals surface area contributed by atoms with Crippen LogP contribution < -0.4 is 20.7 Å². The van der Waals surface area contributed by atoms with Crippen LogP contribution in [0.25, 0.3) is 0 Å². The number of benzene rings is 2. The molecular formula is C20H23N3O3. The lowest BCUT2D eigenvalue weighted by molar-refractivity contribution is -0.116. The second-order valence-electron chi connectivity index (χ2n) is 5.48. The summed E-state index contributed by atoms with van der Waals surface area (Å²) in [6.45, 7) is 5.85. The fourth-order valence-electron chi connectivity index (χ4n) is 2.18. The second kappa shape index (κ2) is 9.88. The zero-order valence-electron chi connectivity index (χ0n) is 14.7. The summed E-state index contributed by atoms with van der Waals surface area (Å²) in [5.74, 6) is 0.323. The minimum atomic E-state index is -0.206. The van der Waals surface area contributed by atoms with E-state index in [4.69, 9.17) is 4.74 Å². The summed E-state index contributed by atoms with van der Waals surface area (Å²) in [6.07, 6.45) is 2.05. The number of carbonyl (C=O) groups is 2. The highest BCUT2D eigenvalue weighted by atomic mass is 16.5. The number of rotatable bonds is 9. The number of anilines is 3. The molecule has 0 aliphatic rings. The molecule has 0 heterocycles. The fourth-order valence-corrected chi connectivity index (χ4v) is 2.18. The van der Waals surface area contributed by atoms with E-state index in [1.165, 1.54) is 0 Å². The number of hydrogen-bond acceptors (Lipinski definition) is 4. The van der Waals surface area contributed by atoms with Gasteiger partial charge in [-0.15, -0.1) is 0 Å². The van der Waals surface area contributed by atoms with Gasteiger partial charge in [0.2, 0.25) is 11.8 Å². The summed E-state index contributed by atoms with van der Waals surface area (Å²) in [5.41, 5.74) is 2.03. The average molecular weight is 353 g/mol. The van der Waals surface area contributed by atoms with E-state index >= 15 is 0 Å². The summed E-state index contributed by atoms with van der Waals surface area (Å²) in [6, 6.07) is 14.4. The van der Waals surface area contributed by atoms with Gasteiger partial charge in [0, 0.05) is 17.8 Å². The molecule has 6 heteroatoms. The minimum absolute atomic E-state index is 0.0592. The van der Waals surface area contributed by atoms with Crippen molar-refractivity contribution in [2.24, 2.45) is 0 Å². The first-order chi connectivity index (χ1) is 12.6. The van der Waals surface area contributed by atoms with Crippen LogP contribution in [0.3, 0.4) is 0 Å². The van der Waals surface area contributed by atoms with E-state index in [2.05, 4.69) is 22.5 Å². The molecule has 0 aliphatic carbocycles. The van der Waals surface area contributed by atoms with Crippen molar-refractivity contribution in [2.45, 2.75) is 13.3 Å². The highest BCUT2D eigenvalue weighted by Gasteiger charge is 2.07. The summed E-state index contributed by atoms with van der Waals surface area (Å²) in [7, 11) is 0. The number of para-hydroxylation sites is 2. The van der Waals surface area contributed by atoms with Gasteiger partial charge in [-0.2, -0.15) is 0 Å². The zero-order valence-corrected chi connectivity index (χ0v) is 14.7. The van der Waals surface area contributed by atoms with Crippen LogP contribution in [0.2, 0.25) is 0 Å². The van der Waals surface area contributed by atoms with E-state index in [1.807, 2.05) is 24.3 Å². The molecule has 26 heavy (non-hydrogen) atoms. The van der Waals surface area contributed by atoms with Crippen molar-refractivity contribution in [1.29, 1.82) is 0 Å². The maximum atomic E-state index is 12.2. The Bertz CT molecular complexity index is 774. The molecule has 0 radical (unpaired) electrons. The Morgan fingerprint density at radius 2 is 1.81 bits per heavy atom. The lowest BCUT2D eigenvalue weighted by Crippen LogP contribution is -2.22. The summed E-state index contributed by atoms with van der Waals surface area (Å²) in [5, 5.41) is 8.64. The standard InChI is InChI=1S/C20H23N3O3/c1-3-12-26-18-11-6-5-10-17(18)23-20(25)14-21-15-8-7-9-16(13-15)22-19(24)4-2/h3,5-11,13,21H,1,4,12,14H2,2H3,(H,22,24)(H,23,25). The zero-order chi connectivity index (χ0) is 18.8. The van der Waals surface area contributed by atoms with Gasteiger partial charge >= 0.3 is 0 Å². The van der Waals surface area contributed by atoms with Crippen molar-refractivity contribution >= 4 is 28.9 Å². The van der Waals surface area contributed by atoms with Crippen molar-refractivity contribution in [3.05, 3.63) is 61.2 Å². The van der Waals surface area contributed by atoms with E-state index in [-0.39, 0.29) is 18.4 Å². The van der Waals surface area contributed by atoms with Crippen LogP contribution in [0.5, 0.6) is 5.75 Å². The van der Waals surface area contributed by atoms with Gasteiger partial charge in [0.05, 0.1) is 12.2 Å². The van der Waals surface area contributed by atoms with Gasteiger partial charge in [0.25, 0.3) is 0 Å². The first-order valence-electron chi connectivity index (χ1n) is 8.38. The topological polar surface area (TPSA) is 79.5 Å². The summed E-state index contributed by atoms with van der Waals surface area (Å²) in [4.78, 5) is 23.7. The molecule has 0 saturated heterocycles. The first kappa shape index (κ1) is 19.1. The largest absolute Gasteiger partial charge is 0.487 e. The summed E-state index contributed by atoms with van der Waals surface area (Å²) < 4.78 is 5.52. The SMILES string of the molecule is C=CCOc1ccccc1NC(=O)CNc1cccc(NC(=O)CC)c1. The van der Waals surface area contributed by atoms with E-state index < -0.39 is 0 Å². The molecule has 2 aromatic carbocycles. The average Bonchev–Trinajstić information content (AvgIpc) is 2.66. The van der Waals surface area contributed by atoms with Crippen molar-refractivity contribution < 1.29 is 14.3 Å². The van der Waals surface area contributed by atoms with Gasteiger partial charge in [-0.3, -0.25) is 9.59 Å². The van der Waals surface area contributed by atoms with E-state index in [0.29, 0.717) is 30.2 Å². The van der Waals surface area contributed by atoms with Gasteiger partial charge < -0.3 is 20.7 Å². The molecule has 0 saturated carbocycles. The van der Waals surface area contributed by atoms with Gasteiger partial charge in [0.1, 0.15) is 12.4 Å². The Labute approximate surface area is 153 Å². The molecule has 0 aliphatic heterocycles. The lowest BCUT2D eigenvalue weighted by atomic mass is 10.2. The molecule has 0 spiro atoms. The normalized spacial score (nSPS) is 9.88. The molecule has 0 atom stereocenters. The Hall–Kier alpha value is -3.28. The van der Waals surface area contributed by atoms with Gasteiger partial charge in [0.15, 0.2) is 0 Å². The Kier molecular flexibility index (Phi) is 7.24. The maximum absolute atomic E-state index is 12.2. The van der Waals surface area contributed by atoms with Gasteiger partial charge in [-0.1, -0.05) is 37.8 Å². The van der Waals surface area contributed by atoms with E-state index in [9.17, 15) is 9.59 Å². The monoisotopic (exact) mass is 353 g/mol. The van der Waals surface area contributed by atoms with E-state index in [0.717, 1.165) is 5.69 Å². The maximum Gasteiger partial charge on any atom is 0.243 e. The van der Waals surface area contributed by atoms with E-state index in [1.54, 1.807) is 37.3 Å². The molecule has 0 bridgehead atoms. The van der Waals surface area contributed by atoms with Crippen LogP contribution in [-0.4, -0.2) is 25.0 Å². The predicted molar refractivity (Wildman–Crippen MR) is 105 cm³/mol. The molecule has 2 amide bonds. The summed E-state index contributed by atoms with van der Waals surface area (Å²) >= 11 is 0. The Balaban J connectivity index is 1.92. The lowest BCUT2D eigenvalue weighted by Gasteiger charge is -2.12. The number of hydrogen-bond donors (Lipinski definition) is 3. The van der Waals surface area contributed by atoms with Crippen LogP contribution >= 0.6 is 0 Å². The molecule has 3 N–H and O–H groups in total. The molecule has 2 rings (SSSR count). The first-order valence-corrected chi connectivity index (χ1v) is 8.38. The Morgan fingerprint density at radius 1 is 1.04 bits per heavy atom. The fraction of sp³-hybridized carbons (Fsp3) is 0.200. The van der Waals surface area contributed by atoms with Crippen molar-refractivity contribution in [3.8, 4) is 5.75 Å². The minimum Gasteiger partial charge on any atom is -0.487 e. The van der Waals surface area contributed by atoms with Crippen molar-refractivity contribution in [3.63, 3.8) is 0 Å². The third-order valence-electron chi connectivity index (χ3n) is 3.44. The third kappa shape index (κ3) is 5.98. The van der Waals surface area contributed by atoms with Crippen LogP contribution in [0.15, 0.2) is 61.2 Å². The molecule has 6 nitrogen and oxygen atoms in total. The highest BCUT2D eigenvalue weighted by Crippen LogP contribution is 2.23. The molecule has 2 aromatic rings. The molecular weight excluding hydrogens is 330 g/mol.